The third-order valence-electron chi connectivity index (χ3n) is 10.5. The van der Waals surface area contributed by atoms with E-state index >= 15 is 0 Å². The van der Waals surface area contributed by atoms with E-state index < -0.39 is 0 Å². The van der Waals surface area contributed by atoms with Crippen molar-refractivity contribution in [3.8, 4) is 0 Å². The van der Waals surface area contributed by atoms with E-state index in [1.54, 1.807) is 6.08 Å². The lowest BCUT2D eigenvalue weighted by molar-refractivity contribution is -0.109. The molecule has 12 N–H and O–H groups in total. The van der Waals surface area contributed by atoms with Crippen LogP contribution in [0.2, 0.25) is 0 Å². The molecule has 1 aliphatic heterocycles. The molecule has 1 fully saturated rings. The number of anilines is 1. The molecule has 1 saturated heterocycles. The number of nitrogens with two attached hydrogens (primary N) is 5. The quantitative estimate of drug-likeness (QED) is 0.0214. The van der Waals surface area contributed by atoms with Crippen molar-refractivity contribution in [2.75, 3.05) is 60.2 Å². The number of carbonyl (C=O) groups excluding carboxylic acids is 1. The number of piperidine rings is 1. The number of aliphatic hydroxyl groups excluding tert-OH is 1. The number of aryl methyl sites for hydroxylation is 1. The first-order valence-electron chi connectivity index (χ1n) is 27.2. The van der Waals surface area contributed by atoms with Crippen molar-refractivity contribution in [3.63, 3.8) is 0 Å². The second-order valence-electron chi connectivity index (χ2n) is 16.0. The summed E-state index contributed by atoms with van der Waals surface area (Å²) in [6, 6.07) is 28.4. The molecule has 0 saturated carbocycles. The Balaban J connectivity index is -0.000000147. The lowest BCUT2D eigenvalue weighted by atomic mass is 9.86. The van der Waals surface area contributed by atoms with E-state index in [9.17, 15) is 4.79 Å². The van der Waals surface area contributed by atoms with Crippen molar-refractivity contribution in [1.29, 1.82) is 0 Å². The van der Waals surface area contributed by atoms with Crippen LogP contribution >= 0.6 is 0 Å². The highest BCUT2D eigenvalue weighted by molar-refractivity contribution is 5.70. The fourth-order valence-electron chi connectivity index (χ4n) is 6.53. The van der Waals surface area contributed by atoms with Gasteiger partial charge in [-0.3, -0.25) is 0 Å². The normalized spacial score (nSPS) is 13.0. The first kappa shape index (κ1) is 84.1. The van der Waals surface area contributed by atoms with Crippen LogP contribution in [0.5, 0.6) is 0 Å². The van der Waals surface area contributed by atoms with Crippen molar-refractivity contribution in [1.82, 2.24) is 10.2 Å². The third kappa shape index (κ3) is 54.4. The average molecular weight is 1050 g/mol. The van der Waals surface area contributed by atoms with Gasteiger partial charge < -0.3 is 48.8 Å². The SMILES string of the molecule is C=C.C=C/C=C/CCC(N)C=O.C=CC1CN(C)CCC1=C.C=CCC(C)C1=CC=C(c2ccc(N)cc2)CC1.C=CCc1ccccc1CC.C=CN.CC.CC.CN.CNCCCCCN.CO.c1ccccc1. The van der Waals surface area contributed by atoms with Gasteiger partial charge in [0.25, 0.3) is 0 Å². The summed E-state index contributed by atoms with van der Waals surface area (Å²) < 4.78 is 0. The van der Waals surface area contributed by atoms with E-state index in [0.29, 0.717) is 18.3 Å². The number of benzene rings is 3. The molecule has 76 heavy (non-hydrogen) atoms. The van der Waals surface area contributed by atoms with Gasteiger partial charge in [-0.2, -0.15) is 0 Å². The first-order chi connectivity index (χ1) is 37.0. The van der Waals surface area contributed by atoms with Crippen LogP contribution in [0.1, 0.15) is 116 Å². The molecule has 0 radical (unpaired) electrons. The molecule has 0 bridgehead atoms. The zero-order valence-electron chi connectivity index (χ0n) is 50.0. The lowest BCUT2D eigenvalue weighted by Gasteiger charge is -2.29. The summed E-state index contributed by atoms with van der Waals surface area (Å²) in [4.78, 5) is 12.3. The molecule has 430 valence electrons. The molecule has 5 rings (SSSR count). The van der Waals surface area contributed by atoms with Gasteiger partial charge >= 0.3 is 0 Å². The van der Waals surface area contributed by atoms with Crippen LogP contribution in [0.3, 0.4) is 0 Å². The Morgan fingerprint density at radius 2 is 1.34 bits per heavy atom. The smallest absolute Gasteiger partial charge is 0.136 e. The molecule has 0 aromatic heterocycles. The summed E-state index contributed by atoms with van der Waals surface area (Å²) in [6.07, 6.45) is 29.8. The van der Waals surface area contributed by atoms with E-state index in [2.05, 4.69) is 144 Å². The molecule has 9 heteroatoms. The molecule has 3 aromatic rings. The van der Waals surface area contributed by atoms with Gasteiger partial charge in [0.15, 0.2) is 0 Å². The zero-order chi connectivity index (χ0) is 59.6. The minimum absolute atomic E-state index is 0.311. The minimum Gasteiger partial charge on any atom is -0.405 e. The van der Waals surface area contributed by atoms with Gasteiger partial charge in [0, 0.05) is 31.8 Å². The Hall–Kier alpha value is -5.91. The molecule has 3 unspecified atom stereocenters. The van der Waals surface area contributed by atoms with Crippen LogP contribution in [0.4, 0.5) is 5.69 Å². The molecular weight excluding hydrogens is 935 g/mol. The number of rotatable bonds is 18. The van der Waals surface area contributed by atoms with E-state index in [1.165, 1.54) is 65.9 Å². The van der Waals surface area contributed by atoms with Crippen molar-refractivity contribution < 1.29 is 9.90 Å². The number of nitrogen functional groups attached to an aromatic ring is 1. The summed E-state index contributed by atoms with van der Waals surface area (Å²) in [5.41, 5.74) is 34.7. The van der Waals surface area contributed by atoms with E-state index in [0.717, 1.165) is 90.2 Å². The molecule has 3 aromatic carbocycles. The zero-order valence-corrected chi connectivity index (χ0v) is 50.0. The summed E-state index contributed by atoms with van der Waals surface area (Å²) >= 11 is 0. The third-order valence-corrected chi connectivity index (χ3v) is 10.5. The van der Waals surface area contributed by atoms with Gasteiger partial charge in [0.05, 0.1) is 6.04 Å². The van der Waals surface area contributed by atoms with Gasteiger partial charge in [-0.15, -0.1) is 32.9 Å². The Labute approximate surface area is 469 Å². The summed E-state index contributed by atoms with van der Waals surface area (Å²) in [5, 5.41) is 10.1. The van der Waals surface area contributed by atoms with E-state index in [-0.39, 0.29) is 6.04 Å². The number of allylic oxidation sites excluding steroid dienone is 9. The standard InChI is InChI=1S/C17H21N.C11H14.C9H15N.C8H13NO.C6H16N2.C6H6.C2H5N.2C2H6.C2H4.CH5N.CH4O/c1-3-4-13(2)14-5-7-15(8-6-14)16-9-11-17(18)12-10-16;1-3-7-11-9-6-5-8-10(11)4-2;1-4-9-7-10(3)6-5-8(9)2;1-2-3-4-5-6-8(9)7-10;1-8-6-4-2-3-5-7;1-2-4-6-5-3-1;1-2-3;5*1-2/h3,5,7,9-13H,1,4,6,8,18H2,2H3;3,5-6,8-9H,1,4,7H2,2H3;4,9H,1-2,5-7H2,3H3;2-4,7-8H,1,5-6,9H2;8H,2-7H2,1H3;1-6H;2H,1,3H2;2*1-2H3;1-2H2;2H2,1H3;2H,1H3/b;;;4-3+;;;;;;;;. The highest BCUT2D eigenvalue weighted by atomic mass is 16.2. The van der Waals surface area contributed by atoms with Crippen LogP contribution in [0, 0.1) is 11.8 Å². The second kappa shape index (κ2) is 71.2. The van der Waals surface area contributed by atoms with Gasteiger partial charge in [-0.25, -0.2) is 0 Å². The molecule has 9 nitrogen and oxygen atoms in total. The topological polar surface area (TPSA) is 183 Å². The monoisotopic (exact) mass is 1050 g/mol. The van der Waals surface area contributed by atoms with Crippen molar-refractivity contribution in [2.24, 2.45) is 34.8 Å². The van der Waals surface area contributed by atoms with Crippen LogP contribution in [-0.4, -0.2) is 76.8 Å². The first-order valence-corrected chi connectivity index (χ1v) is 27.2. The summed E-state index contributed by atoms with van der Waals surface area (Å²) in [7, 11) is 6.62. The second-order valence-corrected chi connectivity index (χ2v) is 16.0. The van der Waals surface area contributed by atoms with Crippen LogP contribution < -0.4 is 34.0 Å². The largest absolute Gasteiger partial charge is 0.405 e. The fraction of sp³-hybridized carbons (Fsp3) is 0.418. The van der Waals surface area contributed by atoms with E-state index in [4.69, 9.17) is 22.3 Å². The number of hydrogen-bond acceptors (Lipinski definition) is 9. The summed E-state index contributed by atoms with van der Waals surface area (Å²) in [6.45, 7) is 44.6. The Kier molecular flexibility index (Phi) is 78.7. The number of hydrogen-bond donors (Lipinski definition) is 7. The molecule has 0 spiro atoms. The van der Waals surface area contributed by atoms with E-state index in [1.807, 2.05) is 114 Å². The molecular formula is C67H115N7O2. The van der Waals surface area contributed by atoms with Gasteiger partial charge in [-0.1, -0.05) is 200 Å². The van der Waals surface area contributed by atoms with Crippen LogP contribution in [-0.2, 0) is 17.6 Å². The van der Waals surface area contributed by atoms with Gasteiger partial charge in [0.2, 0.25) is 0 Å². The van der Waals surface area contributed by atoms with Gasteiger partial charge in [-0.05, 0) is 145 Å². The minimum atomic E-state index is -0.311. The molecule has 1 heterocycles. The number of unbranched alkanes of at least 4 members (excludes halogenated alkanes) is 2. The molecule has 2 aliphatic rings. The maximum atomic E-state index is 10.00. The highest BCUT2D eigenvalue weighted by Gasteiger charge is 2.17. The number of nitrogens with zero attached hydrogens (tertiary/aromatic N) is 1. The number of aliphatic hydroxyl groups is 1. The van der Waals surface area contributed by atoms with Crippen molar-refractivity contribution in [2.45, 2.75) is 118 Å². The Morgan fingerprint density at radius 3 is 1.75 bits per heavy atom. The molecule has 0 amide bonds. The maximum Gasteiger partial charge on any atom is 0.136 e. The van der Waals surface area contributed by atoms with Gasteiger partial charge in [0.1, 0.15) is 6.29 Å². The molecule has 3 atom stereocenters. The number of nitrogens with one attached hydrogen (secondary N) is 1. The van der Waals surface area contributed by atoms with Crippen molar-refractivity contribution >= 4 is 17.5 Å². The highest BCUT2D eigenvalue weighted by Crippen LogP contribution is 2.31. The average Bonchev–Trinajstić information content (AvgIpc) is 3.48. The summed E-state index contributed by atoms with van der Waals surface area (Å²) in [5.74, 6) is 1.14. The number of likely N-dealkylation sites (tertiary alicyclic amines) is 1. The predicted octanol–water partition coefficient (Wildman–Crippen LogP) is 14.4. The Morgan fingerprint density at radius 1 is 0.803 bits per heavy atom. The lowest BCUT2D eigenvalue weighted by Crippen LogP contribution is -2.32. The van der Waals surface area contributed by atoms with Crippen molar-refractivity contribution in [3.05, 3.63) is 220 Å². The van der Waals surface area contributed by atoms with Crippen LogP contribution in [0.15, 0.2) is 204 Å². The van der Waals surface area contributed by atoms with Crippen LogP contribution in [0.25, 0.3) is 5.57 Å². The Bertz CT molecular complexity index is 1790. The predicted molar refractivity (Wildman–Crippen MR) is 347 cm³/mol. The molecule has 1 aliphatic carbocycles. The fourth-order valence-corrected chi connectivity index (χ4v) is 6.53. The number of carbonyl (C=O) groups is 1. The number of aldehydes is 1. The maximum absolute atomic E-state index is 10.00.